The first-order valence-electron chi connectivity index (χ1n) is 8.60. The van der Waals surface area contributed by atoms with Crippen molar-refractivity contribution in [1.29, 1.82) is 0 Å². The predicted octanol–water partition coefficient (Wildman–Crippen LogP) is -0.456. The summed E-state index contributed by atoms with van der Waals surface area (Å²) in [5.41, 5.74) is 0. The van der Waals surface area contributed by atoms with Crippen LogP contribution in [0.15, 0.2) is 0 Å². The lowest BCUT2D eigenvalue weighted by molar-refractivity contribution is -0.272. The van der Waals surface area contributed by atoms with Crippen LogP contribution in [0.3, 0.4) is 0 Å². The predicted molar refractivity (Wildman–Crippen MR) is 86.3 cm³/mol. The number of nitrogens with one attached hydrogen (secondary N) is 1. The molecule has 0 aromatic carbocycles. The van der Waals surface area contributed by atoms with E-state index in [4.69, 9.17) is 14.2 Å². The Balaban J connectivity index is 2.39. The topological polar surface area (TPSA) is 117 Å². The van der Waals surface area contributed by atoms with Gasteiger partial charge in [0.05, 0.1) is 19.8 Å². The first kappa shape index (κ1) is 21.3. The molecule has 8 heteroatoms. The van der Waals surface area contributed by atoms with E-state index in [0.717, 1.165) is 12.8 Å². The van der Waals surface area contributed by atoms with Crippen molar-refractivity contribution < 1.29 is 34.3 Å². The van der Waals surface area contributed by atoms with Crippen LogP contribution in [0.2, 0.25) is 0 Å². The standard InChI is InChI=1S/C16H31NO7/c1-3-4-5-6-7-22-8-9-23-16-13(17-11(2)19)15(21)14(20)12(10-18)24-16/h12-16,18,20-21H,3-10H2,1-2H3,(H,17,19)/t12-,13-,14-,15-,16+/m1/s1. The van der Waals surface area contributed by atoms with Gasteiger partial charge in [-0.3, -0.25) is 4.79 Å². The molecule has 0 aromatic rings. The summed E-state index contributed by atoms with van der Waals surface area (Å²) in [7, 11) is 0. The lowest BCUT2D eigenvalue weighted by Crippen LogP contribution is -2.64. The summed E-state index contributed by atoms with van der Waals surface area (Å²) >= 11 is 0. The number of carbonyl (C=O) groups is 1. The van der Waals surface area contributed by atoms with Crippen LogP contribution in [0.25, 0.3) is 0 Å². The summed E-state index contributed by atoms with van der Waals surface area (Å²) in [6.07, 6.45) is -0.0288. The molecule has 0 unspecified atom stereocenters. The molecule has 0 aliphatic carbocycles. The van der Waals surface area contributed by atoms with Crippen molar-refractivity contribution >= 4 is 5.91 Å². The van der Waals surface area contributed by atoms with Crippen molar-refractivity contribution in [2.24, 2.45) is 0 Å². The molecule has 0 bridgehead atoms. The number of carbonyl (C=O) groups excluding carboxylic acids is 1. The fourth-order valence-corrected chi connectivity index (χ4v) is 2.57. The quantitative estimate of drug-likeness (QED) is 0.373. The number of rotatable bonds is 11. The third-order valence-electron chi connectivity index (χ3n) is 3.90. The molecular weight excluding hydrogens is 318 g/mol. The van der Waals surface area contributed by atoms with E-state index in [1.165, 1.54) is 19.8 Å². The Hall–Kier alpha value is -0.770. The minimum atomic E-state index is -1.30. The Kier molecular flexibility index (Phi) is 10.4. The van der Waals surface area contributed by atoms with E-state index in [1.54, 1.807) is 0 Å². The van der Waals surface area contributed by atoms with Crippen LogP contribution >= 0.6 is 0 Å². The second-order valence-corrected chi connectivity index (χ2v) is 5.98. The second-order valence-electron chi connectivity index (χ2n) is 5.98. The van der Waals surface area contributed by atoms with Crippen molar-refractivity contribution in [2.75, 3.05) is 26.4 Å². The van der Waals surface area contributed by atoms with Crippen LogP contribution in [0, 0.1) is 0 Å². The normalized spacial score (nSPS) is 30.3. The van der Waals surface area contributed by atoms with Gasteiger partial charge in [0.15, 0.2) is 6.29 Å². The second kappa shape index (κ2) is 11.7. The zero-order chi connectivity index (χ0) is 17.9. The van der Waals surface area contributed by atoms with E-state index in [0.29, 0.717) is 13.2 Å². The summed E-state index contributed by atoms with van der Waals surface area (Å²) in [4.78, 5) is 11.3. The third kappa shape index (κ3) is 7.00. The van der Waals surface area contributed by atoms with Crippen molar-refractivity contribution in [3.63, 3.8) is 0 Å². The molecule has 0 aromatic heterocycles. The Morgan fingerprint density at radius 1 is 1.12 bits per heavy atom. The van der Waals surface area contributed by atoms with Gasteiger partial charge in [0.1, 0.15) is 24.4 Å². The smallest absolute Gasteiger partial charge is 0.217 e. The molecule has 4 N–H and O–H groups in total. The summed E-state index contributed by atoms with van der Waals surface area (Å²) in [5.74, 6) is -0.377. The fourth-order valence-electron chi connectivity index (χ4n) is 2.57. The summed E-state index contributed by atoms with van der Waals surface area (Å²) < 4.78 is 16.4. The van der Waals surface area contributed by atoms with Crippen molar-refractivity contribution in [3.05, 3.63) is 0 Å². The maximum absolute atomic E-state index is 11.3. The van der Waals surface area contributed by atoms with Crippen LogP contribution < -0.4 is 5.32 Å². The molecule has 0 saturated carbocycles. The molecule has 1 aliphatic heterocycles. The maximum atomic E-state index is 11.3. The molecule has 1 amide bonds. The SMILES string of the molecule is CCCCCCOCCO[C@H]1O[C@H](CO)[C@@H](O)[C@H](O)[C@H]1NC(C)=O. The number of ether oxygens (including phenoxy) is 3. The third-order valence-corrected chi connectivity index (χ3v) is 3.90. The van der Waals surface area contributed by atoms with Crippen molar-refractivity contribution in [3.8, 4) is 0 Å². The van der Waals surface area contributed by atoms with E-state index in [2.05, 4.69) is 12.2 Å². The van der Waals surface area contributed by atoms with Gasteiger partial charge in [0.2, 0.25) is 5.91 Å². The van der Waals surface area contributed by atoms with Crippen LogP contribution in [-0.4, -0.2) is 78.3 Å². The zero-order valence-corrected chi connectivity index (χ0v) is 14.5. The summed E-state index contributed by atoms with van der Waals surface area (Å²) in [5, 5.41) is 31.7. The maximum Gasteiger partial charge on any atom is 0.217 e. The van der Waals surface area contributed by atoms with Gasteiger partial charge in [-0.05, 0) is 6.42 Å². The molecule has 1 fully saturated rings. The Bertz CT molecular complexity index is 355. The number of hydrogen-bond donors (Lipinski definition) is 4. The Morgan fingerprint density at radius 2 is 1.88 bits per heavy atom. The number of amides is 1. The number of unbranched alkanes of at least 4 members (excludes halogenated alkanes) is 3. The van der Waals surface area contributed by atoms with Gasteiger partial charge in [-0.15, -0.1) is 0 Å². The van der Waals surface area contributed by atoms with Gasteiger partial charge in [-0.1, -0.05) is 26.2 Å². The average Bonchev–Trinajstić information content (AvgIpc) is 2.55. The highest BCUT2D eigenvalue weighted by Crippen LogP contribution is 2.22. The lowest BCUT2D eigenvalue weighted by Gasteiger charge is -2.42. The minimum absolute atomic E-state index is 0.218. The lowest BCUT2D eigenvalue weighted by atomic mass is 9.97. The molecule has 142 valence electrons. The van der Waals surface area contributed by atoms with E-state index < -0.39 is 37.3 Å². The Morgan fingerprint density at radius 3 is 2.50 bits per heavy atom. The highest BCUT2D eigenvalue weighted by molar-refractivity contribution is 5.73. The highest BCUT2D eigenvalue weighted by atomic mass is 16.7. The first-order chi connectivity index (χ1) is 11.5. The van der Waals surface area contributed by atoms with Gasteiger partial charge >= 0.3 is 0 Å². The first-order valence-corrected chi connectivity index (χ1v) is 8.60. The average molecular weight is 349 g/mol. The molecule has 1 rings (SSSR count). The Labute approximate surface area is 143 Å². The van der Waals surface area contributed by atoms with Gasteiger partial charge < -0.3 is 34.8 Å². The van der Waals surface area contributed by atoms with Crippen LogP contribution in [0.1, 0.15) is 39.5 Å². The molecule has 5 atom stereocenters. The molecule has 0 spiro atoms. The van der Waals surface area contributed by atoms with E-state index in [-0.39, 0.29) is 12.5 Å². The highest BCUT2D eigenvalue weighted by Gasteiger charge is 2.45. The number of aliphatic hydroxyl groups excluding tert-OH is 3. The molecule has 0 radical (unpaired) electrons. The van der Waals surface area contributed by atoms with E-state index in [1.807, 2.05) is 0 Å². The summed E-state index contributed by atoms with van der Waals surface area (Å²) in [6.45, 7) is 4.23. The molecular formula is C16H31NO7. The van der Waals surface area contributed by atoms with Crippen LogP contribution in [-0.2, 0) is 19.0 Å². The largest absolute Gasteiger partial charge is 0.394 e. The molecule has 24 heavy (non-hydrogen) atoms. The zero-order valence-electron chi connectivity index (χ0n) is 14.5. The van der Waals surface area contributed by atoms with E-state index >= 15 is 0 Å². The van der Waals surface area contributed by atoms with Gasteiger partial charge in [-0.2, -0.15) is 0 Å². The van der Waals surface area contributed by atoms with E-state index in [9.17, 15) is 20.1 Å². The number of hydrogen-bond acceptors (Lipinski definition) is 7. The summed E-state index contributed by atoms with van der Waals surface area (Å²) in [6, 6.07) is -0.912. The van der Waals surface area contributed by atoms with Crippen molar-refractivity contribution in [2.45, 2.75) is 70.2 Å². The van der Waals surface area contributed by atoms with Crippen LogP contribution in [0.5, 0.6) is 0 Å². The number of aliphatic hydroxyl groups is 3. The van der Waals surface area contributed by atoms with Crippen LogP contribution in [0.4, 0.5) is 0 Å². The van der Waals surface area contributed by atoms with Gasteiger partial charge in [-0.25, -0.2) is 0 Å². The van der Waals surface area contributed by atoms with Crippen molar-refractivity contribution in [1.82, 2.24) is 5.32 Å². The molecule has 1 aliphatic rings. The van der Waals surface area contributed by atoms with Gasteiger partial charge in [0, 0.05) is 13.5 Å². The monoisotopic (exact) mass is 349 g/mol. The fraction of sp³-hybridized carbons (Fsp3) is 0.938. The molecule has 8 nitrogen and oxygen atoms in total. The minimum Gasteiger partial charge on any atom is -0.394 e. The van der Waals surface area contributed by atoms with Gasteiger partial charge in [0.25, 0.3) is 0 Å². The molecule has 1 heterocycles. The molecule has 1 saturated heterocycles.